The van der Waals surface area contributed by atoms with Gasteiger partial charge in [-0.05, 0) is 56.3 Å². The molecule has 29 heavy (non-hydrogen) atoms. The van der Waals surface area contributed by atoms with Gasteiger partial charge >= 0.3 is 6.01 Å². The van der Waals surface area contributed by atoms with Crippen LogP contribution in [0.2, 0.25) is 0 Å². The molecular formula is C20H21N3O5S. The lowest BCUT2D eigenvalue weighted by Gasteiger charge is -2.12. The number of sulfonamides is 1. The fraction of sp³-hybridized carbons (Fsp3) is 0.200. The highest BCUT2D eigenvalue weighted by Crippen LogP contribution is 2.30. The fourth-order valence-electron chi connectivity index (χ4n) is 2.63. The van der Waals surface area contributed by atoms with Crippen LogP contribution in [0.5, 0.6) is 23.3 Å². The second kappa shape index (κ2) is 8.36. The highest BCUT2D eigenvalue weighted by atomic mass is 32.2. The summed E-state index contributed by atoms with van der Waals surface area (Å²) >= 11 is 0. The number of hydrogen-bond acceptors (Lipinski definition) is 7. The molecule has 0 bridgehead atoms. The molecule has 0 spiro atoms. The molecule has 0 saturated carbocycles. The van der Waals surface area contributed by atoms with E-state index >= 15 is 0 Å². The highest BCUT2D eigenvalue weighted by Gasteiger charge is 2.17. The molecule has 0 atom stereocenters. The zero-order valence-electron chi connectivity index (χ0n) is 16.5. The maximum atomic E-state index is 12.7. The van der Waals surface area contributed by atoms with Crippen LogP contribution in [0.25, 0.3) is 0 Å². The van der Waals surface area contributed by atoms with Crippen molar-refractivity contribution in [3.63, 3.8) is 0 Å². The quantitative estimate of drug-likeness (QED) is 0.628. The van der Waals surface area contributed by atoms with Gasteiger partial charge in [0, 0.05) is 23.1 Å². The van der Waals surface area contributed by atoms with Crippen LogP contribution in [0, 0.1) is 13.8 Å². The first kappa shape index (κ1) is 20.4. The summed E-state index contributed by atoms with van der Waals surface area (Å²) in [5.74, 6) is 1.26. The third-order valence-electron chi connectivity index (χ3n) is 3.94. The number of hydrogen-bond donors (Lipinski definition) is 1. The van der Waals surface area contributed by atoms with Gasteiger partial charge in [0.05, 0.1) is 19.1 Å². The SMILES string of the molecule is COc1ccc(S(=O)(=O)Nc2ccc(Oc3nc(C)cc(C)n3)cc2)cc1OC. The van der Waals surface area contributed by atoms with Crippen LogP contribution in [-0.4, -0.2) is 32.6 Å². The van der Waals surface area contributed by atoms with Gasteiger partial charge in [-0.3, -0.25) is 4.72 Å². The number of aryl methyl sites for hydroxylation is 2. The average molecular weight is 415 g/mol. The van der Waals surface area contributed by atoms with Gasteiger partial charge in [0.25, 0.3) is 10.0 Å². The van der Waals surface area contributed by atoms with Crippen LogP contribution < -0.4 is 18.9 Å². The third-order valence-corrected chi connectivity index (χ3v) is 5.32. The first-order valence-electron chi connectivity index (χ1n) is 8.66. The Morgan fingerprint density at radius 1 is 0.828 bits per heavy atom. The summed E-state index contributed by atoms with van der Waals surface area (Å²) in [5.41, 5.74) is 1.98. The number of nitrogens with zero attached hydrogens (tertiary/aromatic N) is 2. The summed E-state index contributed by atoms with van der Waals surface area (Å²) in [6.07, 6.45) is 0. The van der Waals surface area contributed by atoms with E-state index in [1.807, 2.05) is 19.9 Å². The number of aromatic nitrogens is 2. The molecule has 0 unspecified atom stereocenters. The maximum absolute atomic E-state index is 12.7. The molecule has 8 nitrogen and oxygen atoms in total. The summed E-state index contributed by atoms with van der Waals surface area (Å²) < 4.78 is 43.8. The zero-order chi connectivity index (χ0) is 21.0. The van der Waals surface area contributed by atoms with E-state index in [-0.39, 0.29) is 10.9 Å². The maximum Gasteiger partial charge on any atom is 0.322 e. The molecule has 152 valence electrons. The van der Waals surface area contributed by atoms with Gasteiger partial charge in [0.1, 0.15) is 5.75 Å². The van der Waals surface area contributed by atoms with Crippen molar-refractivity contribution in [2.24, 2.45) is 0 Å². The second-order valence-electron chi connectivity index (χ2n) is 6.18. The molecule has 1 heterocycles. The monoisotopic (exact) mass is 415 g/mol. The number of ether oxygens (including phenoxy) is 3. The summed E-state index contributed by atoms with van der Waals surface area (Å²) in [6, 6.07) is 12.9. The number of benzene rings is 2. The molecule has 3 aromatic rings. The molecule has 0 aliphatic carbocycles. The number of methoxy groups -OCH3 is 2. The van der Waals surface area contributed by atoms with Gasteiger partial charge < -0.3 is 14.2 Å². The van der Waals surface area contributed by atoms with Gasteiger partial charge in [0.2, 0.25) is 0 Å². The van der Waals surface area contributed by atoms with E-state index in [2.05, 4.69) is 14.7 Å². The van der Waals surface area contributed by atoms with Gasteiger partial charge in [-0.25, -0.2) is 18.4 Å². The Morgan fingerprint density at radius 2 is 1.45 bits per heavy atom. The molecule has 0 saturated heterocycles. The lowest BCUT2D eigenvalue weighted by molar-refractivity contribution is 0.354. The molecule has 0 aliphatic heterocycles. The largest absolute Gasteiger partial charge is 0.493 e. The Labute approximate surface area is 169 Å². The van der Waals surface area contributed by atoms with Crippen molar-refractivity contribution >= 4 is 15.7 Å². The standard InChI is InChI=1S/C20H21N3O5S/c1-13-11-14(2)22-20(21-13)28-16-7-5-15(6-8-16)23-29(24,25)17-9-10-18(26-3)19(12-17)27-4/h5-12,23H,1-4H3. The van der Waals surface area contributed by atoms with Crippen LogP contribution >= 0.6 is 0 Å². The molecule has 0 radical (unpaired) electrons. The van der Waals surface area contributed by atoms with Crippen molar-refractivity contribution < 1.29 is 22.6 Å². The van der Waals surface area contributed by atoms with Crippen LogP contribution in [-0.2, 0) is 10.0 Å². The predicted octanol–water partition coefficient (Wildman–Crippen LogP) is 3.70. The molecule has 9 heteroatoms. The van der Waals surface area contributed by atoms with E-state index in [9.17, 15) is 8.42 Å². The molecule has 2 aromatic carbocycles. The summed E-state index contributed by atoms with van der Waals surface area (Å²) in [6.45, 7) is 3.71. The average Bonchev–Trinajstić information content (AvgIpc) is 2.68. The van der Waals surface area contributed by atoms with E-state index in [4.69, 9.17) is 14.2 Å². The molecule has 1 N–H and O–H groups in total. The van der Waals surface area contributed by atoms with Crippen LogP contribution in [0.15, 0.2) is 53.4 Å². The first-order valence-corrected chi connectivity index (χ1v) is 10.1. The van der Waals surface area contributed by atoms with Gasteiger partial charge in [-0.2, -0.15) is 0 Å². The van der Waals surface area contributed by atoms with E-state index < -0.39 is 10.0 Å². The van der Waals surface area contributed by atoms with Crippen LogP contribution in [0.4, 0.5) is 5.69 Å². The normalized spacial score (nSPS) is 11.0. The van der Waals surface area contributed by atoms with Gasteiger partial charge in [-0.1, -0.05) is 0 Å². The van der Waals surface area contributed by atoms with Gasteiger partial charge in [0.15, 0.2) is 11.5 Å². The Bertz CT molecular complexity index is 1100. The topological polar surface area (TPSA) is 99.6 Å². The van der Waals surface area contributed by atoms with E-state index in [1.165, 1.54) is 32.4 Å². The predicted molar refractivity (Wildman–Crippen MR) is 108 cm³/mol. The van der Waals surface area contributed by atoms with E-state index in [0.29, 0.717) is 22.9 Å². The number of nitrogens with one attached hydrogen (secondary N) is 1. The third kappa shape index (κ3) is 4.94. The Kier molecular flexibility index (Phi) is 5.88. The highest BCUT2D eigenvalue weighted by molar-refractivity contribution is 7.92. The summed E-state index contributed by atoms with van der Waals surface area (Å²) in [7, 11) is -0.878. The van der Waals surface area contributed by atoms with Gasteiger partial charge in [-0.15, -0.1) is 0 Å². The van der Waals surface area contributed by atoms with Crippen LogP contribution in [0.1, 0.15) is 11.4 Å². The summed E-state index contributed by atoms with van der Waals surface area (Å²) in [5, 5.41) is 0. The minimum atomic E-state index is -3.80. The van der Waals surface area contributed by atoms with Crippen molar-refractivity contribution in [1.29, 1.82) is 0 Å². The Balaban J connectivity index is 1.76. The zero-order valence-corrected chi connectivity index (χ0v) is 17.3. The van der Waals surface area contributed by atoms with Crippen molar-refractivity contribution in [1.82, 2.24) is 9.97 Å². The fourth-order valence-corrected chi connectivity index (χ4v) is 3.71. The molecule has 3 rings (SSSR count). The van der Waals surface area contributed by atoms with Crippen molar-refractivity contribution in [2.75, 3.05) is 18.9 Å². The lowest BCUT2D eigenvalue weighted by atomic mass is 10.3. The molecule has 0 amide bonds. The number of anilines is 1. The molecule has 0 aliphatic rings. The minimum Gasteiger partial charge on any atom is -0.493 e. The molecular weight excluding hydrogens is 394 g/mol. The molecule has 1 aromatic heterocycles. The van der Waals surface area contributed by atoms with Crippen molar-refractivity contribution in [3.8, 4) is 23.3 Å². The minimum absolute atomic E-state index is 0.0547. The molecule has 0 fully saturated rings. The van der Waals surface area contributed by atoms with E-state index in [0.717, 1.165) is 11.4 Å². The van der Waals surface area contributed by atoms with Crippen molar-refractivity contribution in [2.45, 2.75) is 18.7 Å². The second-order valence-corrected chi connectivity index (χ2v) is 7.86. The van der Waals surface area contributed by atoms with Crippen molar-refractivity contribution in [3.05, 3.63) is 59.9 Å². The Morgan fingerprint density at radius 3 is 2.03 bits per heavy atom. The Hall–Kier alpha value is -3.33. The lowest BCUT2D eigenvalue weighted by Crippen LogP contribution is -2.13. The number of rotatable bonds is 7. The van der Waals surface area contributed by atoms with Crippen LogP contribution in [0.3, 0.4) is 0 Å². The smallest absolute Gasteiger partial charge is 0.322 e. The first-order chi connectivity index (χ1) is 13.8. The summed E-state index contributed by atoms with van der Waals surface area (Å²) in [4.78, 5) is 8.48. The van der Waals surface area contributed by atoms with E-state index in [1.54, 1.807) is 24.3 Å².